The summed E-state index contributed by atoms with van der Waals surface area (Å²) in [4.78, 5) is 11.8. The van der Waals surface area contributed by atoms with E-state index in [1.54, 1.807) is 6.07 Å². The molecule has 0 saturated heterocycles. The van der Waals surface area contributed by atoms with Crippen LogP contribution in [0.2, 0.25) is 0 Å². The number of ether oxygens (including phenoxy) is 2. The van der Waals surface area contributed by atoms with Crippen molar-refractivity contribution in [2.45, 2.75) is 19.2 Å². The van der Waals surface area contributed by atoms with E-state index in [0.717, 1.165) is 12.1 Å². The van der Waals surface area contributed by atoms with Gasteiger partial charge in [0.05, 0.1) is 6.61 Å². The van der Waals surface area contributed by atoms with Gasteiger partial charge in [-0.1, -0.05) is 18.2 Å². The molecule has 0 saturated carbocycles. The first-order valence-electron chi connectivity index (χ1n) is 7.36. The summed E-state index contributed by atoms with van der Waals surface area (Å²) in [7, 11) is 0. The van der Waals surface area contributed by atoms with Crippen molar-refractivity contribution in [3.8, 4) is 11.5 Å². The first-order valence-corrected chi connectivity index (χ1v) is 7.36. The van der Waals surface area contributed by atoms with E-state index in [9.17, 15) is 22.4 Å². The molecule has 0 aromatic heterocycles. The molecule has 4 nitrogen and oxygen atoms in total. The first-order chi connectivity index (χ1) is 11.8. The van der Waals surface area contributed by atoms with Crippen molar-refractivity contribution in [1.82, 2.24) is 0 Å². The van der Waals surface area contributed by atoms with Gasteiger partial charge < -0.3 is 14.8 Å². The molecular formula is C17H15F4NO3. The van der Waals surface area contributed by atoms with Gasteiger partial charge in [0.25, 0.3) is 0 Å². The number of nitrogens with one attached hydrogen (secondary N) is 1. The lowest BCUT2D eigenvalue weighted by atomic mass is 10.2. The predicted molar refractivity (Wildman–Crippen MR) is 82.9 cm³/mol. The highest BCUT2D eigenvalue weighted by Gasteiger charge is 2.31. The second kappa shape index (κ2) is 8.36. The van der Waals surface area contributed by atoms with Crippen LogP contribution in [0.15, 0.2) is 48.5 Å². The Morgan fingerprint density at radius 1 is 1.08 bits per heavy atom. The number of alkyl halides is 3. The third-order valence-corrected chi connectivity index (χ3v) is 2.99. The molecule has 25 heavy (non-hydrogen) atoms. The van der Waals surface area contributed by atoms with Crippen molar-refractivity contribution in [1.29, 1.82) is 0 Å². The van der Waals surface area contributed by atoms with Gasteiger partial charge in [-0.05, 0) is 30.7 Å². The van der Waals surface area contributed by atoms with Crippen LogP contribution in [-0.2, 0) is 4.79 Å². The Bertz CT molecular complexity index is 719. The van der Waals surface area contributed by atoms with Crippen molar-refractivity contribution in [3.05, 3.63) is 54.3 Å². The average molecular weight is 357 g/mol. The van der Waals surface area contributed by atoms with Crippen molar-refractivity contribution < 1.29 is 31.8 Å². The molecule has 0 aliphatic carbocycles. The number of amides is 1. The van der Waals surface area contributed by atoms with Gasteiger partial charge in [-0.15, -0.1) is 13.2 Å². The molecule has 8 heteroatoms. The summed E-state index contributed by atoms with van der Waals surface area (Å²) in [6.45, 7) is 0.131. The second-order valence-corrected chi connectivity index (χ2v) is 5.01. The van der Waals surface area contributed by atoms with Gasteiger partial charge in [0.2, 0.25) is 5.91 Å². The van der Waals surface area contributed by atoms with Crippen LogP contribution in [0.4, 0.5) is 23.2 Å². The van der Waals surface area contributed by atoms with Gasteiger partial charge in [0.15, 0.2) is 11.6 Å². The maximum atomic E-state index is 13.3. The summed E-state index contributed by atoms with van der Waals surface area (Å²) in [6.07, 6.45) is -4.41. The normalized spacial score (nSPS) is 11.0. The van der Waals surface area contributed by atoms with Crippen LogP contribution in [0, 0.1) is 5.82 Å². The molecule has 0 spiro atoms. The highest BCUT2D eigenvalue weighted by molar-refractivity contribution is 5.90. The molecule has 1 N–H and O–H groups in total. The lowest BCUT2D eigenvalue weighted by molar-refractivity contribution is -0.274. The molecule has 2 aromatic rings. The predicted octanol–water partition coefficient (Wildman–Crippen LogP) is 4.52. The molecule has 2 aromatic carbocycles. The van der Waals surface area contributed by atoms with Gasteiger partial charge >= 0.3 is 6.36 Å². The third kappa shape index (κ3) is 6.70. The van der Waals surface area contributed by atoms with Crippen molar-refractivity contribution in [3.63, 3.8) is 0 Å². The van der Waals surface area contributed by atoms with Crippen LogP contribution in [-0.4, -0.2) is 18.9 Å². The number of hydrogen-bond acceptors (Lipinski definition) is 3. The van der Waals surface area contributed by atoms with E-state index >= 15 is 0 Å². The fourth-order valence-corrected chi connectivity index (χ4v) is 1.97. The molecule has 1 amide bonds. The SMILES string of the molecule is O=C(CCCOc1ccccc1F)Nc1cccc(OC(F)(F)F)c1. The summed E-state index contributed by atoms with van der Waals surface area (Å²) in [5.74, 6) is -1.22. The summed E-state index contributed by atoms with van der Waals surface area (Å²) in [6, 6.07) is 10.9. The highest BCUT2D eigenvalue weighted by atomic mass is 19.4. The van der Waals surface area contributed by atoms with Crippen molar-refractivity contribution in [2.75, 3.05) is 11.9 Å². The van der Waals surface area contributed by atoms with Gasteiger partial charge in [-0.2, -0.15) is 0 Å². The van der Waals surface area contributed by atoms with Crippen LogP contribution in [0.25, 0.3) is 0 Å². The zero-order chi connectivity index (χ0) is 18.3. The maximum absolute atomic E-state index is 13.3. The van der Waals surface area contributed by atoms with E-state index in [1.165, 1.54) is 30.3 Å². The summed E-state index contributed by atoms with van der Waals surface area (Å²) in [5, 5.41) is 2.46. The van der Waals surface area contributed by atoms with Gasteiger partial charge in [-0.3, -0.25) is 4.79 Å². The van der Waals surface area contributed by atoms with Gasteiger partial charge in [0, 0.05) is 18.2 Å². The average Bonchev–Trinajstić information content (AvgIpc) is 2.52. The smallest absolute Gasteiger partial charge is 0.491 e. The Morgan fingerprint density at radius 2 is 1.84 bits per heavy atom. The first kappa shape index (κ1) is 18.6. The molecule has 0 aliphatic rings. The molecule has 2 rings (SSSR count). The molecule has 0 heterocycles. The Morgan fingerprint density at radius 3 is 2.56 bits per heavy atom. The zero-order valence-corrected chi connectivity index (χ0v) is 13.0. The Balaban J connectivity index is 1.77. The monoisotopic (exact) mass is 357 g/mol. The van der Waals surface area contributed by atoms with E-state index in [4.69, 9.17) is 4.74 Å². The topological polar surface area (TPSA) is 47.6 Å². The number of carbonyl (C=O) groups is 1. The number of benzene rings is 2. The van der Waals surface area contributed by atoms with E-state index in [1.807, 2.05) is 0 Å². The molecule has 0 aliphatic heterocycles. The van der Waals surface area contributed by atoms with Crippen molar-refractivity contribution in [2.24, 2.45) is 0 Å². The number of anilines is 1. The number of halogens is 4. The quantitative estimate of drug-likeness (QED) is 0.585. The lowest BCUT2D eigenvalue weighted by Crippen LogP contribution is -2.17. The molecule has 134 valence electrons. The molecule has 0 fully saturated rings. The minimum atomic E-state index is -4.80. The summed E-state index contributed by atoms with van der Waals surface area (Å²) in [5.41, 5.74) is 0.182. The zero-order valence-electron chi connectivity index (χ0n) is 13.0. The lowest BCUT2D eigenvalue weighted by Gasteiger charge is -2.11. The van der Waals surface area contributed by atoms with Gasteiger partial charge in [-0.25, -0.2) is 4.39 Å². The number of para-hydroxylation sites is 1. The molecule has 0 bridgehead atoms. The van der Waals surface area contributed by atoms with Gasteiger partial charge in [0.1, 0.15) is 5.75 Å². The number of hydrogen-bond donors (Lipinski definition) is 1. The largest absolute Gasteiger partial charge is 0.573 e. The van der Waals surface area contributed by atoms with Crippen LogP contribution >= 0.6 is 0 Å². The Hall–Kier alpha value is -2.77. The number of carbonyl (C=O) groups excluding carboxylic acids is 1. The maximum Gasteiger partial charge on any atom is 0.573 e. The minimum absolute atomic E-state index is 0.0683. The number of rotatable bonds is 7. The fraction of sp³-hybridized carbons (Fsp3) is 0.235. The van der Waals surface area contributed by atoms with E-state index in [0.29, 0.717) is 6.42 Å². The standard InChI is InChI=1S/C17H15F4NO3/c18-14-7-1-2-8-15(14)24-10-4-9-16(23)22-12-5-3-6-13(11-12)25-17(19,20)21/h1-3,5-8,11H,4,9-10H2,(H,22,23). The third-order valence-electron chi connectivity index (χ3n) is 2.99. The summed E-state index contributed by atoms with van der Waals surface area (Å²) >= 11 is 0. The van der Waals surface area contributed by atoms with Crippen LogP contribution in [0.1, 0.15) is 12.8 Å². The Kier molecular flexibility index (Phi) is 6.21. The van der Waals surface area contributed by atoms with Crippen LogP contribution < -0.4 is 14.8 Å². The van der Waals surface area contributed by atoms with E-state index in [-0.39, 0.29) is 24.5 Å². The molecular weight excluding hydrogens is 342 g/mol. The molecule has 0 atom stereocenters. The summed E-state index contributed by atoms with van der Waals surface area (Å²) < 4.78 is 58.8. The van der Waals surface area contributed by atoms with Crippen LogP contribution in [0.5, 0.6) is 11.5 Å². The minimum Gasteiger partial charge on any atom is -0.491 e. The Labute approximate surface area is 141 Å². The molecule has 0 radical (unpaired) electrons. The molecule has 0 unspecified atom stereocenters. The van der Waals surface area contributed by atoms with E-state index < -0.39 is 23.8 Å². The fourth-order valence-electron chi connectivity index (χ4n) is 1.97. The van der Waals surface area contributed by atoms with E-state index in [2.05, 4.69) is 10.1 Å². The van der Waals surface area contributed by atoms with Crippen LogP contribution in [0.3, 0.4) is 0 Å². The highest BCUT2D eigenvalue weighted by Crippen LogP contribution is 2.25. The van der Waals surface area contributed by atoms with Crippen molar-refractivity contribution >= 4 is 11.6 Å². The second-order valence-electron chi connectivity index (χ2n) is 5.01.